The third kappa shape index (κ3) is 2.66. The van der Waals surface area contributed by atoms with Crippen LogP contribution in [-0.2, 0) is 9.59 Å². The first-order valence-corrected chi connectivity index (χ1v) is 6.79. The molecular formula is C13H22N2O3. The lowest BCUT2D eigenvalue weighted by Gasteiger charge is -2.28. The molecule has 5 nitrogen and oxygen atoms in total. The van der Waals surface area contributed by atoms with Gasteiger partial charge in [0.2, 0.25) is 5.91 Å². The number of hydrogen-bond acceptors (Lipinski definition) is 3. The molecule has 2 fully saturated rings. The lowest BCUT2D eigenvalue weighted by Crippen LogP contribution is -2.49. The van der Waals surface area contributed by atoms with Crippen LogP contribution in [0.1, 0.15) is 51.4 Å². The van der Waals surface area contributed by atoms with Crippen molar-refractivity contribution in [1.29, 1.82) is 0 Å². The SMILES string of the molecule is NC1(C(=O)NCC2(C(=O)O)CCCCCC2)CC1. The van der Waals surface area contributed by atoms with E-state index in [0.29, 0.717) is 25.7 Å². The van der Waals surface area contributed by atoms with Crippen LogP contribution in [0.2, 0.25) is 0 Å². The van der Waals surface area contributed by atoms with Crippen LogP contribution in [0, 0.1) is 5.41 Å². The molecule has 0 unspecified atom stereocenters. The normalized spacial score (nSPS) is 24.9. The Labute approximate surface area is 107 Å². The van der Waals surface area contributed by atoms with Crippen molar-refractivity contribution in [2.75, 3.05) is 6.54 Å². The zero-order valence-corrected chi connectivity index (χ0v) is 10.7. The maximum Gasteiger partial charge on any atom is 0.311 e. The number of nitrogens with two attached hydrogens (primary N) is 1. The van der Waals surface area contributed by atoms with Crippen LogP contribution in [-0.4, -0.2) is 29.1 Å². The summed E-state index contributed by atoms with van der Waals surface area (Å²) in [6.07, 6.45) is 6.75. The molecule has 0 spiro atoms. The molecule has 0 saturated heterocycles. The molecule has 102 valence electrons. The summed E-state index contributed by atoms with van der Waals surface area (Å²) >= 11 is 0. The summed E-state index contributed by atoms with van der Waals surface area (Å²) < 4.78 is 0. The summed E-state index contributed by atoms with van der Waals surface area (Å²) in [5.41, 5.74) is 4.30. The van der Waals surface area contributed by atoms with E-state index in [1.165, 1.54) is 0 Å². The van der Waals surface area contributed by atoms with Gasteiger partial charge in [-0.1, -0.05) is 25.7 Å². The fourth-order valence-electron chi connectivity index (χ4n) is 2.66. The van der Waals surface area contributed by atoms with Gasteiger partial charge >= 0.3 is 5.97 Å². The van der Waals surface area contributed by atoms with Gasteiger partial charge < -0.3 is 16.2 Å². The van der Waals surface area contributed by atoms with E-state index in [4.69, 9.17) is 5.73 Å². The topological polar surface area (TPSA) is 92.4 Å². The highest BCUT2D eigenvalue weighted by Gasteiger charge is 2.47. The summed E-state index contributed by atoms with van der Waals surface area (Å²) in [4.78, 5) is 23.3. The van der Waals surface area contributed by atoms with Crippen LogP contribution in [0.4, 0.5) is 0 Å². The Hall–Kier alpha value is -1.10. The summed E-state index contributed by atoms with van der Waals surface area (Å²) in [5, 5.41) is 12.2. The van der Waals surface area contributed by atoms with Crippen molar-refractivity contribution in [3.05, 3.63) is 0 Å². The first kappa shape index (κ1) is 13.3. The number of carboxylic acid groups (broad SMARTS) is 1. The number of carbonyl (C=O) groups excluding carboxylic acids is 1. The van der Waals surface area contributed by atoms with Gasteiger partial charge in [-0.25, -0.2) is 0 Å². The van der Waals surface area contributed by atoms with Gasteiger partial charge in [0, 0.05) is 6.54 Å². The Morgan fingerprint density at radius 3 is 2.06 bits per heavy atom. The van der Waals surface area contributed by atoms with Gasteiger partial charge in [0.25, 0.3) is 0 Å². The predicted octanol–water partition coefficient (Wildman–Crippen LogP) is 1.02. The molecule has 0 aliphatic heterocycles. The molecule has 2 aliphatic carbocycles. The minimum atomic E-state index is -0.786. The minimum Gasteiger partial charge on any atom is -0.481 e. The van der Waals surface area contributed by atoms with Crippen molar-refractivity contribution in [3.8, 4) is 0 Å². The van der Waals surface area contributed by atoms with E-state index in [0.717, 1.165) is 25.7 Å². The number of hydrogen-bond donors (Lipinski definition) is 3. The fourth-order valence-corrected chi connectivity index (χ4v) is 2.66. The quantitative estimate of drug-likeness (QED) is 0.653. The van der Waals surface area contributed by atoms with E-state index in [-0.39, 0.29) is 12.5 Å². The standard InChI is InChI=1S/C13H22N2O3/c14-13(7-8-13)10(16)15-9-12(11(17)18)5-3-1-2-4-6-12/h1-9,14H2,(H,15,16)(H,17,18). The molecule has 0 heterocycles. The Morgan fingerprint density at radius 2 is 1.61 bits per heavy atom. The smallest absolute Gasteiger partial charge is 0.311 e. The molecule has 0 atom stereocenters. The second-order valence-electron chi connectivity index (χ2n) is 5.84. The van der Waals surface area contributed by atoms with E-state index >= 15 is 0 Å². The van der Waals surface area contributed by atoms with Gasteiger partial charge in [-0.2, -0.15) is 0 Å². The van der Waals surface area contributed by atoms with Crippen molar-refractivity contribution in [2.45, 2.75) is 56.9 Å². The Kier molecular flexibility index (Phi) is 3.61. The maximum absolute atomic E-state index is 11.8. The average Bonchev–Trinajstić information content (AvgIpc) is 3.10. The number of aliphatic carboxylic acids is 1. The number of rotatable bonds is 4. The molecule has 2 aliphatic rings. The van der Waals surface area contributed by atoms with Crippen LogP contribution in [0.5, 0.6) is 0 Å². The van der Waals surface area contributed by atoms with E-state index in [9.17, 15) is 14.7 Å². The van der Waals surface area contributed by atoms with Gasteiger partial charge in [-0.15, -0.1) is 0 Å². The van der Waals surface area contributed by atoms with Crippen molar-refractivity contribution >= 4 is 11.9 Å². The maximum atomic E-state index is 11.8. The molecule has 0 bridgehead atoms. The summed E-state index contributed by atoms with van der Waals surface area (Å²) in [6.45, 7) is 0.222. The fraction of sp³-hybridized carbons (Fsp3) is 0.846. The molecule has 2 rings (SSSR count). The first-order chi connectivity index (χ1) is 8.49. The third-order valence-electron chi connectivity index (χ3n) is 4.34. The zero-order valence-electron chi connectivity index (χ0n) is 10.7. The Balaban J connectivity index is 1.97. The number of carboxylic acids is 1. The average molecular weight is 254 g/mol. The Morgan fingerprint density at radius 1 is 1.06 bits per heavy atom. The summed E-state index contributed by atoms with van der Waals surface area (Å²) in [5.74, 6) is -0.973. The van der Waals surface area contributed by atoms with Gasteiger partial charge in [0.05, 0.1) is 11.0 Å². The molecular weight excluding hydrogens is 232 g/mol. The number of carbonyl (C=O) groups is 2. The third-order valence-corrected chi connectivity index (χ3v) is 4.34. The van der Waals surface area contributed by atoms with Gasteiger partial charge in [-0.05, 0) is 25.7 Å². The van der Waals surface area contributed by atoms with E-state index in [2.05, 4.69) is 5.32 Å². The number of amides is 1. The lowest BCUT2D eigenvalue weighted by atomic mass is 9.80. The Bertz CT molecular complexity index is 342. The molecule has 18 heavy (non-hydrogen) atoms. The molecule has 1 amide bonds. The van der Waals surface area contributed by atoms with Gasteiger partial charge in [-0.3, -0.25) is 9.59 Å². The molecule has 5 heteroatoms. The summed E-state index contributed by atoms with van der Waals surface area (Å²) in [7, 11) is 0. The highest BCUT2D eigenvalue weighted by molar-refractivity contribution is 5.89. The molecule has 4 N–H and O–H groups in total. The zero-order chi connectivity index (χ0) is 13.2. The minimum absolute atomic E-state index is 0.188. The van der Waals surface area contributed by atoms with E-state index in [1.807, 2.05) is 0 Å². The van der Waals surface area contributed by atoms with E-state index < -0.39 is 16.9 Å². The second-order valence-corrected chi connectivity index (χ2v) is 5.84. The lowest BCUT2D eigenvalue weighted by molar-refractivity contribution is -0.149. The molecule has 0 aromatic heterocycles. The highest BCUT2D eigenvalue weighted by atomic mass is 16.4. The molecule has 0 aromatic carbocycles. The van der Waals surface area contributed by atoms with Crippen LogP contribution in [0.25, 0.3) is 0 Å². The van der Waals surface area contributed by atoms with Crippen molar-refractivity contribution in [2.24, 2.45) is 11.1 Å². The summed E-state index contributed by atoms with van der Waals surface area (Å²) in [6, 6.07) is 0. The van der Waals surface area contributed by atoms with Crippen molar-refractivity contribution in [1.82, 2.24) is 5.32 Å². The van der Waals surface area contributed by atoms with Gasteiger partial charge in [0.15, 0.2) is 0 Å². The molecule has 2 saturated carbocycles. The molecule has 0 radical (unpaired) electrons. The van der Waals surface area contributed by atoms with Crippen LogP contribution in [0.3, 0.4) is 0 Å². The van der Waals surface area contributed by atoms with Crippen LogP contribution >= 0.6 is 0 Å². The first-order valence-electron chi connectivity index (χ1n) is 6.79. The molecule has 0 aromatic rings. The highest BCUT2D eigenvalue weighted by Crippen LogP contribution is 2.36. The number of nitrogens with one attached hydrogen (secondary N) is 1. The van der Waals surface area contributed by atoms with Crippen LogP contribution < -0.4 is 11.1 Å². The van der Waals surface area contributed by atoms with Crippen molar-refractivity contribution < 1.29 is 14.7 Å². The second kappa shape index (κ2) is 4.88. The van der Waals surface area contributed by atoms with E-state index in [1.54, 1.807) is 0 Å². The largest absolute Gasteiger partial charge is 0.481 e. The monoisotopic (exact) mass is 254 g/mol. The predicted molar refractivity (Wildman–Crippen MR) is 66.9 cm³/mol. The van der Waals surface area contributed by atoms with Crippen molar-refractivity contribution in [3.63, 3.8) is 0 Å². The van der Waals surface area contributed by atoms with Crippen LogP contribution in [0.15, 0.2) is 0 Å². The van der Waals surface area contributed by atoms with Gasteiger partial charge in [0.1, 0.15) is 0 Å².